The Balaban J connectivity index is 1.70. The highest BCUT2D eigenvalue weighted by molar-refractivity contribution is 5.77. The number of benzene rings is 1. The third-order valence-electron chi connectivity index (χ3n) is 3.90. The van der Waals surface area contributed by atoms with Crippen LogP contribution in [0.1, 0.15) is 20.3 Å². The minimum Gasteiger partial charge on any atom is -0.408 e. The lowest BCUT2D eigenvalue weighted by Crippen LogP contribution is -2.48. The Morgan fingerprint density at radius 3 is 2.64 bits per heavy atom. The third-order valence-corrected chi connectivity index (χ3v) is 3.90. The maximum Gasteiger partial charge on any atom is 0.419 e. The molecule has 6 nitrogen and oxygen atoms in total. The fourth-order valence-corrected chi connectivity index (χ4v) is 2.97. The van der Waals surface area contributed by atoms with Crippen LogP contribution in [-0.4, -0.2) is 40.7 Å². The Morgan fingerprint density at radius 2 is 1.91 bits per heavy atom. The molecule has 0 N–H and O–H groups in total. The summed E-state index contributed by atoms with van der Waals surface area (Å²) in [5.41, 5.74) is 1.28. The maximum absolute atomic E-state index is 12.4. The van der Waals surface area contributed by atoms with Crippen molar-refractivity contribution in [1.29, 1.82) is 0 Å². The van der Waals surface area contributed by atoms with E-state index in [0.29, 0.717) is 25.2 Å². The van der Waals surface area contributed by atoms with E-state index in [-0.39, 0.29) is 24.5 Å². The van der Waals surface area contributed by atoms with Gasteiger partial charge in [-0.2, -0.15) is 0 Å². The van der Waals surface area contributed by atoms with Crippen LogP contribution in [0, 0.1) is 0 Å². The van der Waals surface area contributed by atoms with Crippen LogP contribution in [0.3, 0.4) is 0 Å². The summed E-state index contributed by atoms with van der Waals surface area (Å²) in [5.74, 6) is -0.378. The number of morpholine rings is 1. The molecule has 3 rings (SSSR count). The number of oxazole rings is 1. The summed E-state index contributed by atoms with van der Waals surface area (Å²) in [5, 5.41) is 0. The molecule has 22 heavy (non-hydrogen) atoms. The number of hydrogen-bond acceptors (Lipinski definition) is 4. The molecular weight excluding hydrogens is 284 g/mol. The van der Waals surface area contributed by atoms with Gasteiger partial charge in [0.25, 0.3) is 0 Å². The Morgan fingerprint density at radius 1 is 1.23 bits per heavy atom. The van der Waals surface area contributed by atoms with Gasteiger partial charge in [0, 0.05) is 26.1 Å². The van der Waals surface area contributed by atoms with Crippen LogP contribution in [0.15, 0.2) is 33.5 Å². The number of nitrogens with zero attached hydrogens (tertiary/aromatic N) is 2. The van der Waals surface area contributed by atoms with Crippen molar-refractivity contribution >= 4 is 17.0 Å². The summed E-state index contributed by atoms with van der Waals surface area (Å²) in [6.45, 7) is 5.46. The Bertz CT molecular complexity index is 723. The number of ether oxygens (including phenoxy) is 1. The molecule has 0 spiro atoms. The van der Waals surface area contributed by atoms with Crippen molar-refractivity contribution in [3.05, 3.63) is 34.8 Å². The number of carbonyl (C=O) groups is 1. The monoisotopic (exact) mass is 304 g/mol. The highest BCUT2D eigenvalue weighted by atomic mass is 16.5. The van der Waals surface area contributed by atoms with Crippen LogP contribution in [0.4, 0.5) is 0 Å². The van der Waals surface area contributed by atoms with Gasteiger partial charge in [-0.05, 0) is 26.0 Å². The summed E-state index contributed by atoms with van der Waals surface area (Å²) < 4.78 is 12.3. The molecule has 1 fully saturated rings. The first-order valence-corrected chi connectivity index (χ1v) is 7.56. The van der Waals surface area contributed by atoms with Crippen molar-refractivity contribution < 1.29 is 13.9 Å². The summed E-state index contributed by atoms with van der Waals surface area (Å²) in [7, 11) is 0. The summed E-state index contributed by atoms with van der Waals surface area (Å²) in [6, 6.07) is 7.24. The van der Waals surface area contributed by atoms with Crippen LogP contribution in [-0.2, 0) is 16.1 Å². The van der Waals surface area contributed by atoms with Gasteiger partial charge in [-0.1, -0.05) is 12.1 Å². The smallest absolute Gasteiger partial charge is 0.408 e. The van der Waals surface area contributed by atoms with Gasteiger partial charge in [-0.3, -0.25) is 9.36 Å². The minimum atomic E-state index is -0.419. The van der Waals surface area contributed by atoms with E-state index in [1.807, 2.05) is 36.9 Å². The van der Waals surface area contributed by atoms with Crippen LogP contribution < -0.4 is 5.76 Å². The lowest BCUT2D eigenvalue weighted by molar-refractivity contribution is -0.143. The molecule has 6 heteroatoms. The van der Waals surface area contributed by atoms with Gasteiger partial charge in [0.05, 0.1) is 17.7 Å². The molecule has 1 amide bonds. The van der Waals surface area contributed by atoms with Gasteiger partial charge < -0.3 is 14.1 Å². The van der Waals surface area contributed by atoms with Crippen LogP contribution in [0.5, 0.6) is 0 Å². The van der Waals surface area contributed by atoms with E-state index >= 15 is 0 Å². The molecule has 2 heterocycles. The van der Waals surface area contributed by atoms with Crippen molar-refractivity contribution in [1.82, 2.24) is 9.47 Å². The average Bonchev–Trinajstić information content (AvgIpc) is 2.79. The standard InChI is InChI=1S/C16H20N2O4/c1-11-9-17(10-12(2)21-11)15(19)7-8-18-13-5-3-4-6-14(13)22-16(18)20/h3-6,11-12H,7-10H2,1-2H3/t11-,12+. The Kier molecular flexibility index (Phi) is 4.02. The van der Waals surface area contributed by atoms with Crippen molar-refractivity contribution in [3.63, 3.8) is 0 Å². The highest BCUT2D eigenvalue weighted by Gasteiger charge is 2.25. The van der Waals surface area contributed by atoms with Gasteiger partial charge in [-0.25, -0.2) is 4.79 Å². The van der Waals surface area contributed by atoms with E-state index < -0.39 is 5.76 Å². The summed E-state index contributed by atoms with van der Waals surface area (Å²) in [4.78, 5) is 26.1. The van der Waals surface area contributed by atoms with E-state index in [1.54, 1.807) is 6.07 Å². The fraction of sp³-hybridized carbons (Fsp3) is 0.500. The largest absolute Gasteiger partial charge is 0.419 e. The normalized spacial score (nSPS) is 22.2. The second-order valence-electron chi connectivity index (χ2n) is 5.79. The molecule has 1 aliphatic heterocycles. The first-order valence-electron chi connectivity index (χ1n) is 7.56. The molecule has 2 atom stereocenters. The topological polar surface area (TPSA) is 64.7 Å². The number of fused-ring (bicyclic) bond motifs is 1. The molecule has 2 aromatic rings. The predicted octanol–water partition coefficient (Wildman–Crippen LogP) is 1.62. The molecule has 0 saturated carbocycles. The van der Waals surface area contributed by atoms with Crippen molar-refractivity contribution in [2.24, 2.45) is 0 Å². The van der Waals surface area contributed by atoms with Gasteiger partial charge in [-0.15, -0.1) is 0 Å². The number of carbonyl (C=O) groups excluding carboxylic acids is 1. The zero-order valence-electron chi connectivity index (χ0n) is 12.8. The first-order chi connectivity index (χ1) is 10.5. The average molecular weight is 304 g/mol. The molecule has 118 valence electrons. The van der Waals surface area contributed by atoms with E-state index in [4.69, 9.17) is 9.15 Å². The lowest BCUT2D eigenvalue weighted by Gasteiger charge is -2.35. The quantitative estimate of drug-likeness (QED) is 0.864. The van der Waals surface area contributed by atoms with Crippen molar-refractivity contribution in [2.75, 3.05) is 13.1 Å². The molecule has 0 aliphatic carbocycles. The maximum atomic E-state index is 12.4. The zero-order chi connectivity index (χ0) is 15.7. The van der Waals surface area contributed by atoms with Crippen molar-refractivity contribution in [3.8, 4) is 0 Å². The van der Waals surface area contributed by atoms with Crippen molar-refractivity contribution in [2.45, 2.75) is 39.0 Å². The minimum absolute atomic E-state index is 0.0409. The van der Waals surface area contributed by atoms with E-state index in [1.165, 1.54) is 4.57 Å². The summed E-state index contributed by atoms with van der Waals surface area (Å²) >= 11 is 0. The first kappa shape index (κ1) is 14.8. The fourth-order valence-electron chi connectivity index (χ4n) is 2.97. The number of hydrogen-bond donors (Lipinski definition) is 0. The Labute approximate surface area is 128 Å². The highest BCUT2D eigenvalue weighted by Crippen LogP contribution is 2.14. The molecule has 1 aromatic carbocycles. The van der Waals surface area contributed by atoms with E-state index in [2.05, 4.69) is 0 Å². The Hall–Kier alpha value is -2.08. The molecular formula is C16H20N2O4. The number of aromatic nitrogens is 1. The van der Waals surface area contributed by atoms with Gasteiger partial charge in [0.2, 0.25) is 5.91 Å². The van der Waals surface area contributed by atoms with Gasteiger partial charge >= 0.3 is 5.76 Å². The zero-order valence-corrected chi connectivity index (χ0v) is 12.8. The molecule has 0 bridgehead atoms. The van der Waals surface area contributed by atoms with Gasteiger partial charge in [0.15, 0.2) is 5.58 Å². The third kappa shape index (κ3) is 2.92. The second kappa shape index (κ2) is 5.96. The molecule has 0 unspecified atom stereocenters. The summed E-state index contributed by atoms with van der Waals surface area (Å²) in [6.07, 6.45) is 0.374. The number of aryl methyl sites for hydroxylation is 1. The van der Waals surface area contributed by atoms with Crippen LogP contribution in [0.25, 0.3) is 11.1 Å². The van der Waals surface area contributed by atoms with E-state index in [0.717, 1.165) is 5.52 Å². The molecule has 0 radical (unpaired) electrons. The number of amides is 1. The van der Waals surface area contributed by atoms with Gasteiger partial charge in [0.1, 0.15) is 0 Å². The SMILES string of the molecule is C[C@@H]1CN(C(=O)CCn2c(=O)oc3ccccc32)C[C@H](C)O1. The van der Waals surface area contributed by atoms with E-state index in [9.17, 15) is 9.59 Å². The van der Waals surface area contributed by atoms with Crippen LogP contribution in [0.2, 0.25) is 0 Å². The molecule has 1 saturated heterocycles. The molecule has 1 aromatic heterocycles. The number of rotatable bonds is 3. The van der Waals surface area contributed by atoms with Crippen LogP contribution >= 0.6 is 0 Å². The lowest BCUT2D eigenvalue weighted by atomic mass is 10.2. The predicted molar refractivity (Wildman–Crippen MR) is 81.7 cm³/mol. The molecule has 1 aliphatic rings. The number of para-hydroxylation sites is 2. The second-order valence-corrected chi connectivity index (χ2v) is 5.79.